The van der Waals surface area contributed by atoms with Gasteiger partial charge in [0.2, 0.25) is 5.91 Å². The summed E-state index contributed by atoms with van der Waals surface area (Å²) in [5.74, 6) is 0.313. The number of hydrogen-bond donors (Lipinski definition) is 1. The molecule has 26 heavy (non-hydrogen) atoms. The van der Waals surface area contributed by atoms with Gasteiger partial charge in [0.25, 0.3) is 0 Å². The normalized spacial score (nSPS) is 11.0. The van der Waals surface area contributed by atoms with Crippen LogP contribution in [0.2, 0.25) is 10.0 Å². The number of rotatable bonds is 5. The Morgan fingerprint density at radius 2 is 1.88 bits per heavy atom. The number of benzene rings is 2. The zero-order valence-corrected chi connectivity index (χ0v) is 14.9. The Kier molecular flexibility index (Phi) is 5.71. The fourth-order valence-electron chi connectivity index (χ4n) is 2.26. The molecule has 0 spiro atoms. The topological polar surface area (TPSA) is 54.6 Å². The van der Waals surface area contributed by atoms with Gasteiger partial charge in [-0.1, -0.05) is 41.4 Å². The molecule has 0 aliphatic rings. The summed E-state index contributed by atoms with van der Waals surface area (Å²) >= 11 is 12.2. The molecule has 0 aliphatic carbocycles. The van der Waals surface area contributed by atoms with Gasteiger partial charge >= 0.3 is 0 Å². The zero-order chi connectivity index (χ0) is 18.5. The van der Waals surface area contributed by atoms with E-state index in [-0.39, 0.29) is 18.1 Å². The lowest BCUT2D eigenvalue weighted by molar-refractivity contribution is -0.120. The molecule has 4 nitrogen and oxygen atoms in total. The molecule has 0 unspecified atom stereocenters. The maximum absolute atomic E-state index is 12.8. The van der Waals surface area contributed by atoms with E-state index in [2.05, 4.69) is 10.5 Å². The number of hydrogen-bond acceptors (Lipinski definition) is 3. The average Bonchev–Trinajstić information content (AvgIpc) is 3.08. The first kappa shape index (κ1) is 18.2. The third-order valence-corrected chi connectivity index (χ3v) is 4.32. The third-order valence-electron chi connectivity index (χ3n) is 3.50. The Morgan fingerprint density at radius 1 is 1.12 bits per heavy atom. The van der Waals surface area contributed by atoms with E-state index in [9.17, 15) is 9.18 Å². The monoisotopic (exact) mass is 390 g/mol. The van der Waals surface area contributed by atoms with Crippen LogP contribution in [-0.2, 0) is 11.2 Å². The lowest BCUT2D eigenvalue weighted by Gasteiger charge is -2.02. The quantitative estimate of drug-likeness (QED) is 0.487. The maximum Gasteiger partial charge on any atom is 0.244 e. The van der Waals surface area contributed by atoms with Crippen LogP contribution in [0.15, 0.2) is 64.1 Å². The highest BCUT2D eigenvalue weighted by atomic mass is 35.5. The zero-order valence-electron chi connectivity index (χ0n) is 13.4. The van der Waals surface area contributed by atoms with Crippen LogP contribution in [0.1, 0.15) is 11.3 Å². The van der Waals surface area contributed by atoms with Crippen molar-refractivity contribution in [1.82, 2.24) is 5.43 Å². The molecule has 7 heteroatoms. The van der Waals surface area contributed by atoms with Crippen molar-refractivity contribution in [3.8, 4) is 11.3 Å². The second kappa shape index (κ2) is 8.17. The number of hydrazone groups is 1. The first-order chi connectivity index (χ1) is 12.5. The van der Waals surface area contributed by atoms with Crippen LogP contribution >= 0.6 is 23.2 Å². The van der Waals surface area contributed by atoms with Crippen molar-refractivity contribution >= 4 is 35.3 Å². The van der Waals surface area contributed by atoms with Gasteiger partial charge in [0.1, 0.15) is 17.3 Å². The molecule has 3 aromatic rings. The Morgan fingerprint density at radius 3 is 2.65 bits per heavy atom. The van der Waals surface area contributed by atoms with E-state index in [1.165, 1.54) is 18.3 Å². The van der Waals surface area contributed by atoms with Crippen molar-refractivity contribution < 1.29 is 13.6 Å². The van der Waals surface area contributed by atoms with Gasteiger partial charge in [0, 0.05) is 5.56 Å². The minimum absolute atomic E-state index is 0.0964. The highest BCUT2D eigenvalue weighted by molar-refractivity contribution is 6.43. The first-order valence-electron chi connectivity index (χ1n) is 7.63. The maximum atomic E-state index is 12.8. The molecule has 2 aromatic carbocycles. The molecule has 1 amide bonds. The molecule has 132 valence electrons. The summed E-state index contributed by atoms with van der Waals surface area (Å²) in [4.78, 5) is 11.8. The number of halogens is 3. The Labute approximate surface area is 159 Å². The Bertz CT molecular complexity index is 952. The second-order valence-electron chi connectivity index (χ2n) is 5.40. The summed E-state index contributed by atoms with van der Waals surface area (Å²) < 4.78 is 18.5. The summed E-state index contributed by atoms with van der Waals surface area (Å²) in [6.45, 7) is 0. The van der Waals surface area contributed by atoms with Crippen molar-refractivity contribution in [3.05, 3.63) is 81.8 Å². The lowest BCUT2D eigenvalue weighted by atomic mass is 10.1. The second-order valence-corrected chi connectivity index (χ2v) is 6.18. The van der Waals surface area contributed by atoms with Crippen molar-refractivity contribution in [1.29, 1.82) is 0 Å². The smallest absolute Gasteiger partial charge is 0.244 e. The number of nitrogens with one attached hydrogen (secondary N) is 1. The van der Waals surface area contributed by atoms with Crippen LogP contribution in [0, 0.1) is 5.82 Å². The minimum atomic E-state index is -0.347. The van der Waals surface area contributed by atoms with E-state index >= 15 is 0 Å². The van der Waals surface area contributed by atoms with Crippen LogP contribution in [0.25, 0.3) is 11.3 Å². The number of amides is 1. The largest absolute Gasteiger partial charge is 0.455 e. The van der Waals surface area contributed by atoms with Crippen LogP contribution in [0.3, 0.4) is 0 Å². The average molecular weight is 391 g/mol. The van der Waals surface area contributed by atoms with Gasteiger partial charge in [0.05, 0.1) is 22.7 Å². The van der Waals surface area contributed by atoms with Gasteiger partial charge in [-0.15, -0.1) is 0 Å². The standard InChI is InChI=1S/C19H13Cl2FN2O2/c20-16-3-1-2-15(19(16)21)17-9-8-14(26-17)11-23-24-18(25)10-12-4-6-13(22)7-5-12/h1-9,11H,10H2,(H,24,25)/b23-11-. The predicted molar refractivity (Wildman–Crippen MR) is 100 cm³/mol. The van der Waals surface area contributed by atoms with E-state index in [4.69, 9.17) is 27.6 Å². The van der Waals surface area contributed by atoms with Crippen molar-refractivity contribution in [3.63, 3.8) is 0 Å². The van der Waals surface area contributed by atoms with Crippen LogP contribution in [0.5, 0.6) is 0 Å². The fraction of sp³-hybridized carbons (Fsp3) is 0.0526. The van der Waals surface area contributed by atoms with Crippen molar-refractivity contribution in [2.75, 3.05) is 0 Å². The van der Waals surface area contributed by atoms with Gasteiger partial charge in [-0.25, -0.2) is 9.82 Å². The summed E-state index contributed by atoms with van der Waals surface area (Å²) in [6, 6.07) is 14.4. The van der Waals surface area contributed by atoms with E-state index in [1.54, 1.807) is 42.5 Å². The molecule has 0 aliphatic heterocycles. The van der Waals surface area contributed by atoms with E-state index in [0.717, 1.165) is 0 Å². The molecule has 0 saturated carbocycles. The molecule has 0 saturated heterocycles. The Hall–Kier alpha value is -2.63. The van der Waals surface area contributed by atoms with Gasteiger partial charge in [-0.3, -0.25) is 4.79 Å². The molecular formula is C19H13Cl2FN2O2. The molecule has 1 aromatic heterocycles. The third kappa shape index (κ3) is 4.50. The SMILES string of the molecule is O=C(Cc1ccc(F)cc1)N/N=C\c1ccc(-c2cccc(Cl)c2Cl)o1. The van der Waals surface area contributed by atoms with Gasteiger partial charge in [-0.05, 0) is 42.0 Å². The fourth-order valence-corrected chi connectivity index (χ4v) is 2.65. The molecule has 0 atom stereocenters. The lowest BCUT2D eigenvalue weighted by Crippen LogP contribution is -2.19. The number of carbonyl (C=O) groups excluding carboxylic acids is 1. The Balaban J connectivity index is 1.61. The summed E-state index contributed by atoms with van der Waals surface area (Å²) in [6.07, 6.45) is 1.48. The van der Waals surface area contributed by atoms with Gasteiger partial charge in [-0.2, -0.15) is 5.10 Å². The predicted octanol–water partition coefficient (Wildman–Crippen LogP) is 5.09. The van der Waals surface area contributed by atoms with Gasteiger partial charge in [0.15, 0.2) is 0 Å². The van der Waals surface area contributed by atoms with Gasteiger partial charge < -0.3 is 4.42 Å². The van der Waals surface area contributed by atoms with Crippen LogP contribution in [0.4, 0.5) is 4.39 Å². The van der Waals surface area contributed by atoms with Crippen LogP contribution < -0.4 is 5.43 Å². The molecule has 0 fully saturated rings. The summed E-state index contributed by atoms with van der Waals surface area (Å²) in [5.41, 5.74) is 3.75. The summed E-state index contributed by atoms with van der Waals surface area (Å²) in [7, 11) is 0. The number of carbonyl (C=O) groups is 1. The molecule has 0 bridgehead atoms. The van der Waals surface area contributed by atoms with Crippen molar-refractivity contribution in [2.45, 2.75) is 6.42 Å². The highest BCUT2D eigenvalue weighted by Crippen LogP contribution is 2.34. The first-order valence-corrected chi connectivity index (χ1v) is 8.39. The molecule has 0 radical (unpaired) electrons. The highest BCUT2D eigenvalue weighted by Gasteiger charge is 2.10. The van der Waals surface area contributed by atoms with E-state index < -0.39 is 0 Å². The van der Waals surface area contributed by atoms with E-state index in [1.807, 2.05) is 0 Å². The molecule has 1 heterocycles. The van der Waals surface area contributed by atoms with E-state index in [0.29, 0.717) is 32.7 Å². The van der Waals surface area contributed by atoms with Crippen molar-refractivity contribution in [2.24, 2.45) is 5.10 Å². The molecule has 1 N–H and O–H groups in total. The minimum Gasteiger partial charge on any atom is -0.455 e. The molecular weight excluding hydrogens is 378 g/mol. The number of nitrogens with zero attached hydrogens (tertiary/aromatic N) is 1. The summed E-state index contributed by atoms with van der Waals surface area (Å²) in [5, 5.41) is 4.69. The van der Waals surface area contributed by atoms with Crippen LogP contribution in [-0.4, -0.2) is 12.1 Å². The molecule has 3 rings (SSSR count). The number of furan rings is 1.